The van der Waals surface area contributed by atoms with Crippen molar-refractivity contribution in [1.29, 1.82) is 0 Å². The highest BCUT2D eigenvalue weighted by Gasteiger charge is 2.18. The molecule has 0 saturated heterocycles. The van der Waals surface area contributed by atoms with Crippen molar-refractivity contribution in [3.05, 3.63) is 29.3 Å². The van der Waals surface area contributed by atoms with Crippen LogP contribution in [0.4, 0.5) is 5.69 Å². The predicted octanol–water partition coefficient (Wildman–Crippen LogP) is 1.34. The van der Waals surface area contributed by atoms with Gasteiger partial charge in [0.25, 0.3) is 0 Å². The Morgan fingerprint density at radius 2 is 2.15 bits per heavy atom. The van der Waals surface area contributed by atoms with Gasteiger partial charge in [0.2, 0.25) is 11.8 Å². The Kier molecular flexibility index (Phi) is 4.39. The van der Waals surface area contributed by atoms with Gasteiger partial charge in [0.05, 0.1) is 6.04 Å². The van der Waals surface area contributed by atoms with Gasteiger partial charge >= 0.3 is 0 Å². The molecule has 2 amide bonds. The Morgan fingerprint density at radius 3 is 2.85 bits per heavy atom. The average molecular weight is 275 g/mol. The Hall–Kier alpha value is -1.88. The first-order valence-corrected chi connectivity index (χ1v) is 6.94. The molecule has 1 aromatic carbocycles. The van der Waals surface area contributed by atoms with E-state index in [1.54, 1.807) is 0 Å². The van der Waals surface area contributed by atoms with Gasteiger partial charge in [-0.05, 0) is 30.5 Å². The molecule has 0 saturated carbocycles. The second-order valence-electron chi connectivity index (χ2n) is 5.33. The fourth-order valence-electron chi connectivity index (χ4n) is 2.22. The zero-order valence-corrected chi connectivity index (χ0v) is 11.9. The van der Waals surface area contributed by atoms with Crippen LogP contribution in [0.1, 0.15) is 37.4 Å². The lowest BCUT2D eigenvalue weighted by atomic mass is 9.97. The number of nitrogens with one attached hydrogen (secondary N) is 2. The lowest BCUT2D eigenvalue weighted by Gasteiger charge is -2.21. The van der Waals surface area contributed by atoms with Crippen LogP contribution in [-0.2, 0) is 16.0 Å². The number of anilines is 1. The lowest BCUT2D eigenvalue weighted by Crippen LogP contribution is -2.35. The molecule has 108 valence electrons. The van der Waals surface area contributed by atoms with Crippen molar-refractivity contribution in [1.82, 2.24) is 5.32 Å². The highest BCUT2D eigenvalue weighted by Crippen LogP contribution is 2.26. The molecule has 4 N–H and O–H groups in total. The van der Waals surface area contributed by atoms with Crippen molar-refractivity contribution in [2.24, 2.45) is 11.7 Å². The predicted molar refractivity (Wildman–Crippen MR) is 78.2 cm³/mol. The summed E-state index contributed by atoms with van der Waals surface area (Å²) < 4.78 is 0. The van der Waals surface area contributed by atoms with Gasteiger partial charge in [-0.25, -0.2) is 0 Å². The molecule has 2 rings (SSSR count). The van der Waals surface area contributed by atoms with Crippen LogP contribution in [0.5, 0.6) is 0 Å². The molecule has 1 aliphatic rings. The smallest absolute Gasteiger partial charge is 0.224 e. The molecule has 0 bridgehead atoms. The normalized spacial score (nSPS) is 16.9. The average Bonchev–Trinajstić information content (AvgIpc) is 2.45. The first-order chi connectivity index (χ1) is 9.51. The van der Waals surface area contributed by atoms with E-state index in [4.69, 9.17) is 5.73 Å². The van der Waals surface area contributed by atoms with E-state index in [0.717, 1.165) is 23.2 Å². The number of amides is 2. The SMILES string of the molecule is CC(CN)C(=O)NC(C)c1ccc2c(c1)CCC(=O)N2. The highest BCUT2D eigenvalue weighted by atomic mass is 16.2. The maximum Gasteiger partial charge on any atom is 0.224 e. The summed E-state index contributed by atoms with van der Waals surface area (Å²) in [5.74, 6) is -0.163. The largest absolute Gasteiger partial charge is 0.349 e. The Morgan fingerprint density at radius 1 is 1.40 bits per heavy atom. The Bertz CT molecular complexity index is 528. The van der Waals surface area contributed by atoms with Gasteiger partial charge in [-0.3, -0.25) is 9.59 Å². The fourth-order valence-corrected chi connectivity index (χ4v) is 2.22. The topological polar surface area (TPSA) is 84.2 Å². The summed E-state index contributed by atoms with van der Waals surface area (Å²) in [4.78, 5) is 23.2. The molecule has 0 fully saturated rings. The Balaban J connectivity index is 2.09. The third-order valence-corrected chi connectivity index (χ3v) is 3.68. The summed E-state index contributed by atoms with van der Waals surface area (Å²) in [6, 6.07) is 5.81. The number of hydrogen-bond donors (Lipinski definition) is 3. The third-order valence-electron chi connectivity index (χ3n) is 3.68. The summed E-state index contributed by atoms with van der Waals surface area (Å²) >= 11 is 0. The van der Waals surface area contributed by atoms with Crippen LogP contribution in [0.3, 0.4) is 0 Å². The lowest BCUT2D eigenvalue weighted by molar-refractivity contribution is -0.124. The van der Waals surface area contributed by atoms with E-state index >= 15 is 0 Å². The van der Waals surface area contributed by atoms with E-state index in [-0.39, 0.29) is 23.8 Å². The minimum atomic E-state index is -0.186. The van der Waals surface area contributed by atoms with Crippen LogP contribution in [-0.4, -0.2) is 18.4 Å². The van der Waals surface area contributed by atoms with E-state index in [1.165, 1.54) is 0 Å². The van der Waals surface area contributed by atoms with Crippen molar-refractivity contribution < 1.29 is 9.59 Å². The van der Waals surface area contributed by atoms with Gasteiger partial charge in [-0.2, -0.15) is 0 Å². The molecule has 0 spiro atoms. The summed E-state index contributed by atoms with van der Waals surface area (Å²) in [6.07, 6.45) is 1.26. The van der Waals surface area contributed by atoms with Crippen LogP contribution < -0.4 is 16.4 Å². The zero-order valence-electron chi connectivity index (χ0n) is 11.9. The van der Waals surface area contributed by atoms with Crippen molar-refractivity contribution in [2.75, 3.05) is 11.9 Å². The van der Waals surface area contributed by atoms with E-state index < -0.39 is 0 Å². The quantitative estimate of drug-likeness (QED) is 0.775. The molecule has 0 aliphatic carbocycles. The van der Waals surface area contributed by atoms with E-state index in [9.17, 15) is 9.59 Å². The van der Waals surface area contributed by atoms with Crippen LogP contribution in [0.2, 0.25) is 0 Å². The Labute approximate surface area is 118 Å². The minimum Gasteiger partial charge on any atom is -0.349 e. The molecular weight excluding hydrogens is 254 g/mol. The molecule has 0 radical (unpaired) electrons. The first kappa shape index (κ1) is 14.5. The number of benzene rings is 1. The number of aryl methyl sites for hydroxylation is 1. The molecule has 5 nitrogen and oxygen atoms in total. The number of fused-ring (bicyclic) bond motifs is 1. The van der Waals surface area contributed by atoms with Crippen LogP contribution >= 0.6 is 0 Å². The highest BCUT2D eigenvalue weighted by molar-refractivity contribution is 5.93. The minimum absolute atomic E-state index is 0.0361. The maximum absolute atomic E-state index is 11.8. The van der Waals surface area contributed by atoms with Crippen molar-refractivity contribution in [2.45, 2.75) is 32.7 Å². The summed E-state index contributed by atoms with van der Waals surface area (Å²) in [5.41, 5.74) is 8.52. The maximum atomic E-state index is 11.8. The molecule has 1 heterocycles. The van der Waals surface area contributed by atoms with Gasteiger partial charge in [0.15, 0.2) is 0 Å². The molecule has 5 heteroatoms. The molecule has 1 aliphatic heterocycles. The van der Waals surface area contributed by atoms with E-state index in [2.05, 4.69) is 10.6 Å². The molecule has 2 unspecified atom stereocenters. The van der Waals surface area contributed by atoms with Crippen molar-refractivity contribution in [3.8, 4) is 0 Å². The van der Waals surface area contributed by atoms with E-state index in [1.807, 2.05) is 32.0 Å². The molecule has 2 atom stereocenters. The molecule has 0 aromatic heterocycles. The number of hydrogen-bond acceptors (Lipinski definition) is 3. The molecular formula is C15H21N3O2. The standard InChI is InChI=1S/C15H21N3O2/c1-9(8-16)15(20)17-10(2)11-3-5-13-12(7-11)4-6-14(19)18-13/h3,5,7,9-10H,4,6,8,16H2,1-2H3,(H,17,20)(H,18,19). The summed E-state index contributed by atoms with van der Waals surface area (Å²) in [5, 5.41) is 5.81. The second kappa shape index (κ2) is 6.05. The van der Waals surface area contributed by atoms with Crippen molar-refractivity contribution in [3.63, 3.8) is 0 Å². The van der Waals surface area contributed by atoms with Crippen LogP contribution in [0.25, 0.3) is 0 Å². The third kappa shape index (κ3) is 3.17. The number of carbonyl (C=O) groups excluding carboxylic acids is 2. The van der Waals surface area contributed by atoms with Gasteiger partial charge in [-0.15, -0.1) is 0 Å². The summed E-state index contributed by atoms with van der Waals surface area (Å²) in [7, 11) is 0. The monoisotopic (exact) mass is 275 g/mol. The number of nitrogens with two attached hydrogens (primary N) is 1. The summed E-state index contributed by atoms with van der Waals surface area (Å²) in [6.45, 7) is 4.10. The fraction of sp³-hybridized carbons (Fsp3) is 0.467. The number of carbonyl (C=O) groups is 2. The van der Waals surface area contributed by atoms with Crippen LogP contribution in [0.15, 0.2) is 18.2 Å². The van der Waals surface area contributed by atoms with Gasteiger partial charge in [0.1, 0.15) is 0 Å². The second-order valence-corrected chi connectivity index (χ2v) is 5.33. The van der Waals surface area contributed by atoms with Crippen LogP contribution in [0, 0.1) is 5.92 Å². The molecule has 20 heavy (non-hydrogen) atoms. The molecule has 1 aromatic rings. The van der Waals surface area contributed by atoms with E-state index in [0.29, 0.717) is 13.0 Å². The van der Waals surface area contributed by atoms with Gasteiger partial charge < -0.3 is 16.4 Å². The zero-order chi connectivity index (χ0) is 14.7. The van der Waals surface area contributed by atoms with Crippen molar-refractivity contribution >= 4 is 17.5 Å². The van der Waals surface area contributed by atoms with Gasteiger partial charge in [-0.1, -0.05) is 19.1 Å². The van der Waals surface area contributed by atoms with Gasteiger partial charge in [0, 0.05) is 24.6 Å². The number of rotatable bonds is 4. The first-order valence-electron chi connectivity index (χ1n) is 6.94.